The highest BCUT2D eigenvalue weighted by atomic mass is 32.2. The Bertz CT molecular complexity index is 477. The SMILES string of the molecule is O=C(OCC1CCCCO1)c1ccc(C2SCCCS2)cc1. The van der Waals surface area contributed by atoms with Crippen LogP contribution in [-0.2, 0) is 9.47 Å². The molecular weight excluding hydrogens is 316 g/mol. The van der Waals surface area contributed by atoms with E-state index in [1.165, 1.54) is 23.5 Å². The second-order valence-corrected chi connectivity index (χ2v) is 8.36. The lowest BCUT2D eigenvalue weighted by molar-refractivity contribution is -0.0300. The third-order valence-corrected chi connectivity index (χ3v) is 6.94. The van der Waals surface area contributed by atoms with Gasteiger partial charge in [-0.25, -0.2) is 4.79 Å². The van der Waals surface area contributed by atoms with Gasteiger partial charge in [-0.3, -0.25) is 0 Å². The standard InChI is InChI=1S/C17H22O3S2/c18-16(20-12-15-4-1-2-9-19-15)13-5-7-14(8-6-13)17-21-10-3-11-22-17/h5-8,15,17H,1-4,9-12H2. The molecule has 2 aliphatic heterocycles. The summed E-state index contributed by atoms with van der Waals surface area (Å²) in [5.41, 5.74) is 1.92. The van der Waals surface area contributed by atoms with Gasteiger partial charge in [-0.15, -0.1) is 23.5 Å². The number of benzene rings is 1. The summed E-state index contributed by atoms with van der Waals surface area (Å²) in [4.78, 5) is 12.1. The van der Waals surface area contributed by atoms with Gasteiger partial charge in [-0.2, -0.15) is 0 Å². The zero-order valence-corrected chi connectivity index (χ0v) is 14.3. The summed E-state index contributed by atoms with van der Waals surface area (Å²) in [6.07, 6.45) is 4.63. The summed E-state index contributed by atoms with van der Waals surface area (Å²) in [6, 6.07) is 7.89. The molecule has 0 bridgehead atoms. The lowest BCUT2D eigenvalue weighted by atomic mass is 10.1. The zero-order chi connectivity index (χ0) is 15.2. The fraction of sp³-hybridized carbons (Fsp3) is 0.588. The molecule has 1 atom stereocenters. The normalized spacial score (nSPS) is 23.2. The van der Waals surface area contributed by atoms with Gasteiger partial charge in [0.05, 0.1) is 16.2 Å². The van der Waals surface area contributed by atoms with E-state index in [1.54, 1.807) is 0 Å². The Morgan fingerprint density at radius 2 is 1.91 bits per heavy atom. The van der Waals surface area contributed by atoms with Crippen molar-refractivity contribution in [3.63, 3.8) is 0 Å². The maximum absolute atomic E-state index is 12.1. The highest BCUT2D eigenvalue weighted by Crippen LogP contribution is 2.43. The van der Waals surface area contributed by atoms with Crippen molar-refractivity contribution in [3.05, 3.63) is 35.4 Å². The van der Waals surface area contributed by atoms with Crippen molar-refractivity contribution in [2.75, 3.05) is 24.7 Å². The van der Waals surface area contributed by atoms with Crippen molar-refractivity contribution in [3.8, 4) is 0 Å². The van der Waals surface area contributed by atoms with E-state index in [0.717, 1.165) is 25.9 Å². The molecule has 1 aromatic carbocycles. The Labute approximate surface area is 140 Å². The largest absolute Gasteiger partial charge is 0.459 e. The molecule has 0 radical (unpaired) electrons. The molecule has 2 saturated heterocycles. The van der Waals surface area contributed by atoms with Gasteiger partial charge in [0.2, 0.25) is 0 Å². The fourth-order valence-electron chi connectivity index (χ4n) is 2.65. The Hall–Kier alpha value is -0.650. The topological polar surface area (TPSA) is 35.5 Å². The van der Waals surface area contributed by atoms with Crippen LogP contribution >= 0.6 is 23.5 Å². The maximum atomic E-state index is 12.1. The summed E-state index contributed by atoms with van der Waals surface area (Å²) in [5, 5.41) is 0. The van der Waals surface area contributed by atoms with Crippen LogP contribution in [0.25, 0.3) is 0 Å². The molecule has 3 nitrogen and oxygen atoms in total. The van der Waals surface area contributed by atoms with Crippen LogP contribution < -0.4 is 0 Å². The predicted molar refractivity (Wildman–Crippen MR) is 92.6 cm³/mol. The van der Waals surface area contributed by atoms with Crippen molar-refractivity contribution < 1.29 is 14.3 Å². The number of esters is 1. The molecule has 1 unspecified atom stereocenters. The average molecular weight is 338 g/mol. The molecule has 22 heavy (non-hydrogen) atoms. The van der Waals surface area contributed by atoms with Gasteiger partial charge in [-0.1, -0.05) is 12.1 Å². The second-order valence-electron chi connectivity index (χ2n) is 5.64. The minimum atomic E-state index is -0.246. The van der Waals surface area contributed by atoms with E-state index in [4.69, 9.17) is 9.47 Å². The van der Waals surface area contributed by atoms with Crippen molar-refractivity contribution in [1.29, 1.82) is 0 Å². The predicted octanol–water partition coefficient (Wildman–Crippen LogP) is 4.28. The monoisotopic (exact) mass is 338 g/mol. The van der Waals surface area contributed by atoms with Crippen molar-refractivity contribution >= 4 is 29.5 Å². The van der Waals surface area contributed by atoms with Gasteiger partial charge in [0, 0.05) is 6.61 Å². The summed E-state index contributed by atoms with van der Waals surface area (Å²) in [7, 11) is 0. The molecule has 2 aliphatic rings. The van der Waals surface area contributed by atoms with E-state index >= 15 is 0 Å². The van der Waals surface area contributed by atoms with Gasteiger partial charge in [0.1, 0.15) is 6.61 Å². The number of hydrogen-bond donors (Lipinski definition) is 0. The summed E-state index contributed by atoms with van der Waals surface area (Å²) >= 11 is 3.98. The Morgan fingerprint density at radius 1 is 1.14 bits per heavy atom. The average Bonchev–Trinajstić information content (AvgIpc) is 2.61. The van der Waals surface area contributed by atoms with Crippen LogP contribution in [0.3, 0.4) is 0 Å². The first-order valence-electron chi connectivity index (χ1n) is 7.95. The van der Waals surface area contributed by atoms with Crippen LogP contribution in [0.15, 0.2) is 24.3 Å². The van der Waals surface area contributed by atoms with E-state index in [9.17, 15) is 4.79 Å². The quantitative estimate of drug-likeness (QED) is 0.766. The molecule has 5 heteroatoms. The molecule has 3 rings (SSSR count). The van der Waals surface area contributed by atoms with E-state index in [1.807, 2.05) is 35.7 Å². The molecule has 0 amide bonds. The van der Waals surface area contributed by atoms with E-state index in [-0.39, 0.29) is 12.1 Å². The van der Waals surface area contributed by atoms with Crippen molar-refractivity contribution in [2.45, 2.75) is 36.4 Å². The first kappa shape index (κ1) is 16.2. The minimum absolute atomic E-state index is 0.0759. The maximum Gasteiger partial charge on any atom is 0.338 e. The van der Waals surface area contributed by atoms with E-state index in [2.05, 4.69) is 12.1 Å². The Morgan fingerprint density at radius 3 is 2.59 bits per heavy atom. The van der Waals surface area contributed by atoms with Crippen LogP contribution in [0.5, 0.6) is 0 Å². The van der Waals surface area contributed by atoms with Gasteiger partial charge in [0.15, 0.2) is 0 Å². The molecule has 0 aromatic heterocycles. The van der Waals surface area contributed by atoms with Crippen LogP contribution in [0.4, 0.5) is 0 Å². The zero-order valence-electron chi connectivity index (χ0n) is 12.7. The molecular formula is C17H22O3S2. The van der Waals surface area contributed by atoms with E-state index < -0.39 is 0 Å². The van der Waals surface area contributed by atoms with Gasteiger partial charge >= 0.3 is 5.97 Å². The molecule has 0 saturated carbocycles. The molecule has 2 heterocycles. The lowest BCUT2D eigenvalue weighted by Gasteiger charge is -2.22. The molecule has 0 aliphatic carbocycles. The minimum Gasteiger partial charge on any atom is -0.459 e. The second kappa shape index (κ2) is 8.27. The summed E-state index contributed by atoms with van der Waals surface area (Å²) in [6.45, 7) is 1.16. The third kappa shape index (κ3) is 4.43. The fourth-order valence-corrected chi connectivity index (χ4v) is 5.54. The third-order valence-electron chi connectivity index (χ3n) is 3.92. The molecule has 1 aromatic rings. The van der Waals surface area contributed by atoms with Crippen LogP contribution in [-0.4, -0.2) is 36.8 Å². The molecule has 0 N–H and O–H groups in total. The number of hydrogen-bond acceptors (Lipinski definition) is 5. The summed E-state index contributed by atoms with van der Waals surface area (Å²) < 4.78 is 11.5. The lowest BCUT2D eigenvalue weighted by Crippen LogP contribution is -2.25. The number of rotatable bonds is 4. The van der Waals surface area contributed by atoms with Crippen molar-refractivity contribution in [1.82, 2.24) is 0 Å². The van der Waals surface area contributed by atoms with Crippen molar-refractivity contribution in [2.24, 2.45) is 0 Å². The highest BCUT2D eigenvalue weighted by Gasteiger charge is 2.19. The Balaban J connectivity index is 1.51. The number of carbonyl (C=O) groups excluding carboxylic acids is 1. The Kier molecular flexibility index (Phi) is 6.10. The number of ether oxygens (including phenoxy) is 2. The van der Waals surface area contributed by atoms with Crippen LogP contribution in [0.1, 0.15) is 46.2 Å². The van der Waals surface area contributed by atoms with Gasteiger partial charge in [-0.05, 0) is 54.9 Å². The molecule has 0 spiro atoms. The van der Waals surface area contributed by atoms with Crippen LogP contribution in [0, 0.1) is 0 Å². The molecule has 2 fully saturated rings. The number of carbonyl (C=O) groups is 1. The van der Waals surface area contributed by atoms with E-state index in [0.29, 0.717) is 16.8 Å². The first-order valence-corrected chi connectivity index (χ1v) is 10.0. The summed E-state index contributed by atoms with van der Waals surface area (Å²) in [5.74, 6) is 2.20. The highest BCUT2D eigenvalue weighted by molar-refractivity contribution is 8.16. The van der Waals surface area contributed by atoms with Gasteiger partial charge < -0.3 is 9.47 Å². The van der Waals surface area contributed by atoms with Crippen LogP contribution in [0.2, 0.25) is 0 Å². The van der Waals surface area contributed by atoms with Gasteiger partial charge in [0.25, 0.3) is 0 Å². The number of thioether (sulfide) groups is 2. The first-order chi connectivity index (χ1) is 10.8. The smallest absolute Gasteiger partial charge is 0.338 e. The molecule has 120 valence electrons.